The van der Waals surface area contributed by atoms with Gasteiger partial charge in [0.15, 0.2) is 0 Å². The molecule has 2 atom stereocenters. The van der Waals surface area contributed by atoms with Crippen LogP contribution in [0.15, 0.2) is 42.5 Å². The summed E-state index contributed by atoms with van der Waals surface area (Å²) in [5.74, 6) is 0.724. The van der Waals surface area contributed by atoms with Gasteiger partial charge < -0.3 is 10.5 Å². The molecule has 0 heterocycles. The van der Waals surface area contributed by atoms with Crippen molar-refractivity contribution in [3.63, 3.8) is 0 Å². The van der Waals surface area contributed by atoms with Crippen molar-refractivity contribution >= 4 is 11.6 Å². The lowest BCUT2D eigenvalue weighted by Crippen LogP contribution is -2.31. The molecule has 0 aromatic heterocycles. The number of nitrogens with two attached hydrogens (primary N) is 1. The molecule has 0 amide bonds. The van der Waals surface area contributed by atoms with Gasteiger partial charge in [-0.05, 0) is 55.0 Å². The Morgan fingerprint density at radius 3 is 2.81 bits per heavy atom. The lowest BCUT2D eigenvalue weighted by Gasteiger charge is -2.25. The molecule has 0 saturated heterocycles. The first-order valence-corrected chi connectivity index (χ1v) is 7.79. The Morgan fingerprint density at radius 2 is 2.00 bits per heavy atom. The van der Waals surface area contributed by atoms with Crippen molar-refractivity contribution < 1.29 is 4.74 Å². The molecule has 0 saturated carbocycles. The standard InChI is InChI=1S/C18H20ClNO/c1-12-9-10-16(15(19)11-12)21-17-8-4-6-13-5-2-3-7-14(13)18(17)20/h2-3,5,7,9-11,17-18H,4,6,8,20H2,1H3. The summed E-state index contributed by atoms with van der Waals surface area (Å²) in [5.41, 5.74) is 10.1. The van der Waals surface area contributed by atoms with Gasteiger partial charge in [0.05, 0.1) is 11.1 Å². The van der Waals surface area contributed by atoms with Crippen LogP contribution in [0.1, 0.15) is 35.6 Å². The molecule has 0 fully saturated rings. The Morgan fingerprint density at radius 1 is 1.19 bits per heavy atom. The van der Waals surface area contributed by atoms with E-state index < -0.39 is 0 Å². The number of fused-ring (bicyclic) bond motifs is 1. The molecule has 2 aromatic rings. The van der Waals surface area contributed by atoms with E-state index in [0.717, 1.165) is 30.6 Å². The van der Waals surface area contributed by atoms with Crippen molar-refractivity contribution in [1.29, 1.82) is 0 Å². The highest BCUT2D eigenvalue weighted by atomic mass is 35.5. The second kappa shape index (κ2) is 6.08. The molecule has 0 spiro atoms. The quantitative estimate of drug-likeness (QED) is 0.833. The summed E-state index contributed by atoms with van der Waals surface area (Å²) in [6, 6.07) is 14.1. The van der Waals surface area contributed by atoms with Gasteiger partial charge in [-0.2, -0.15) is 0 Å². The molecule has 2 aromatic carbocycles. The monoisotopic (exact) mass is 301 g/mol. The molecule has 2 nitrogen and oxygen atoms in total. The summed E-state index contributed by atoms with van der Waals surface area (Å²) >= 11 is 6.27. The van der Waals surface area contributed by atoms with Crippen LogP contribution in [0.5, 0.6) is 5.75 Å². The second-order valence-corrected chi connectivity index (χ2v) is 6.11. The Hall–Kier alpha value is -1.51. The van der Waals surface area contributed by atoms with Crippen LogP contribution in [0.2, 0.25) is 5.02 Å². The van der Waals surface area contributed by atoms with E-state index in [1.807, 2.05) is 31.2 Å². The van der Waals surface area contributed by atoms with Gasteiger partial charge in [0.2, 0.25) is 0 Å². The topological polar surface area (TPSA) is 35.2 Å². The van der Waals surface area contributed by atoms with Gasteiger partial charge in [-0.15, -0.1) is 0 Å². The summed E-state index contributed by atoms with van der Waals surface area (Å²) in [4.78, 5) is 0. The van der Waals surface area contributed by atoms with Gasteiger partial charge >= 0.3 is 0 Å². The van der Waals surface area contributed by atoms with Crippen LogP contribution < -0.4 is 10.5 Å². The van der Waals surface area contributed by atoms with Crippen LogP contribution in [-0.2, 0) is 6.42 Å². The van der Waals surface area contributed by atoms with Gasteiger partial charge in [-0.1, -0.05) is 41.9 Å². The lowest BCUT2D eigenvalue weighted by atomic mass is 9.98. The third kappa shape index (κ3) is 3.07. The first-order valence-electron chi connectivity index (χ1n) is 7.41. The fourth-order valence-electron chi connectivity index (χ4n) is 2.96. The van der Waals surface area contributed by atoms with Crippen molar-refractivity contribution in [2.24, 2.45) is 5.73 Å². The van der Waals surface area contributed by atoms with Crippen LogP contribution in [-0.4, -0.2) is 6.10 Å². The van der Waals surface area contributed by atoms with E-state index in [4.69, 9.17) is 22.1 Å². The number of ether oxygens (including phenoxy) is 1. The van der Waals surface area contributed by atoms with E-state index in [1.165, 1.54) is 11.1 Å². The third-order valence-electron chi connectivity index (χ3n) is 4.12. The summed E-state index contributed by atoms with van der Waals surface area (Å²) in [5, 5.41) is 0.653. The first-order chi connectivity index (χ1) is 10.1. The van der Waals surface area contributed by atoms with Gasteiger partial charge in [-0.25, -0.2) is 0 Å². The fourth-order valence-corrected chi connectivity index (χ4v) is 3.24. The summed E-state index contributed by atoms with van der Waals surface area (Å²) in [6.45, 7) is 2.02. The van der Waals surface area contributed by atoms with Gasteiger partial charge in [0.1, 0.15) is 11.9 Å². The molecule has 1 aliphatic rings. The lowest BCUT2D eigenvalue weighted by molar-refractivity contribution is 0.162. The largest absolute Gasteiger partial charge is 0.487 e. The maximum absolute atomic E-state index is 6.45. The van der Waals surface area contributed by atoms with Gasteiger partial charge in [0, 0.05) is 0 Å². The van der Waals surface area contributed by atoms with Crippen molar-refractivity contribution in [1.82, 2.24) is 0 Å². The molecular formula is C18H20ClNO. The zero-order chi connectivity index (χ0) is 14.8. The first kappa shape index (κ1) is 14.4. The van der Waals surface area contributed by atoms with Crippen molar-refractivity contribution in [3.05, 3.63) is 64.2 Å². The minimum absolute atomic E-state index is 0.0335. The molecule has 2 unspecified atom stereocenters. The number of hydrogen-bond acceptors (Lipinski definition) is 2. The molecule has 110 valence electrons. The summed E-state index contributed by atoms with van der Waals surface area (Å²) in [7, 11) is 0. The van der Waals surface area contributed by atoms with Crippen molar-refractivity contribution in [2.75, 3.05) is 0 Å². The van der Waals surface area contributed by atoms with Gasteiger partial charge in [0.25, 0.3) is 0 Å². The molecule has 2 N–H and O–H groups in total. The smallest absolute Gasteiger partial charge is 0.138 e. The van der Waals surface area contributed by atoms with E-state index in [9.17, 15) is 0 Å². The molecule has 0 bridgehead atoms. The average Bonchev–Trinajstić information content (AvgIpc) is 2.63. The number of hydrogen-bond donors (Lipinski definition) is 1. The molecule has 1 aliphatic carbocycles. The predicted molar refractivity (Wildman–Crippen MR) is 86.9 cm³/mol. The van der Waals surface area contributed by atoms with E-state index in [1.54, 1.807) is 0 Å². The summed E-state index contributed by atoms with van der Waals surface area (Å²) in [6.07, 6.45) is 3.05. The molecule has 3 rings (SSSR count). The van der Waals surface area contributed by atoms with Crippen LogP contribution in [0.25, 0.3) is 0 Å². The third-order valence-corrected chi connectivity index (χ3v) is 4.41. The van der Waals surface area contributed by atoms with Crippen molar-refractivity contribution in [2.45, 2.75) is 38.3 Å². The Balaban J connectivity index is 1.86. The molecular weight excluding hydrogens is 282 g/mol. The highest BCUT2D eigenvalue weighted by molar-refractivity contribution is 6.32. The number of benzene rings is 2. The Kier molecular flexibility index (Phi) is 4.18. The predicted octanol–water partition coefficient (Wildman–Crippen LogP) is 4.43. The maximum Gasteiger partial charge on any atom is 0.138 e. The van der Waals surface area contributed by atoms with Crippen LogP contribution in [0.4, 0.5) is 0 Å². The zero-order valence-corrected chi connectivity index (χ0v) is 12.9. The summed E-state index contributed by atoms with van der Waals surface area (Å²) < 4.78 is 6.13. The Bertz CT molecular complexity index is 641. The normalized spacial score (nSPS) is 21.5. The van der Waals surface area contributed by atoms with Gasteiger partial charge in [-0.3, -0.25) is 0 Å². The number of rotatable bonds is 2. The van der Waals surface area contributed by atoms with E-state index in [2.05, 4.69) is 18.2 Å². The van der Waals surface area contributed by atoms with E-state index in [-0.39, 0.29) is 12.1 Å². The average molecular weight is 302 g/mol. The highest BCUT2D eigenvalue weighted by Crippen LogP contribution is 2.33. The molecule has 3 heteroatoms. The van der Waals surface area contributed by atoms with Crippen LogP contribution in [0.3, 0.4) is 0 Å². The van der Waals surface area contributed by atoms with Crippen molar-refractivity contribution in [3.8, 4) is 5.75 Å². The number of halogens is 1. The molecule has 0 radical (unpaired) electrons. The maximum atomic E-state index is 6.45. The fraction of sp³-hybridized carbons (Fsp3) is 0.333. The van der Waals surface area contributed by atoms with E-state index in [0.29, 0.717) is 5.02 Å². The Labute approximate surface area is 130 Å². The molecule has 21 heavy (non-hydrogen) atoms. The zero-order valence-electron chi connectivity index (χ0n) is 12.2. The molecule has 0 aliphatic heterocycles. The van der Waals surface area contributed by atoms with E-state index >= 15 is 0 Å². The second-order valence-electron chi connectivity index (χ2n) is 5.71. The highest BCUT2D eigenvalue weighted by Gasteiger charge is 2.26. The van der Waals surface area contributed by atoms with Crippen LogP contribution >= 0.6 is 11.6 Å². The van der Waals surface area contributed by atoms with Crippen LogP contribution in [0, 0.1) is 6.92 Å². The SMILES string of the molecule is Cc1ccc(OC2CCCc3ccccc3C2N)c(Cl)c1. The minimum Gasteiger partial charge on any atom is -0.487 e. The number of aryl methyl sites for hydroxylation is 2. The minimum atomic E-state index is -0.110.